The second kappa shape index (κ2) is 39.1. The molecular weight excluding hydrogens is 1330 g/mol. The molecule has 4 aromatic rings. The quantitative estimate of drug-likeness (QED) is 0.0256. The lowest BCUT2D eigenvalue weighted by Crippen LogP contribution is -2.61. The average Bonchev–Trinajstić information content (AvgIpc) is 1.52. The van der Waals surface area contributed by atoms with Gasteiger partial charge in [-0.2, -0.15) is 25.3 Å². The number of benzene rings is 2. The van der Waals surface area contributed by atoms with Crippen LogP contribution in [-0.2, 0) is 83.2 Å². The number of carbonyl (C=O) groups excluding carboxylic acids is 11. The molecule has 0 bridgehead atoms. The third kappa shape index (κ3) is 24.7. The zero-order valence-corrected chi connectivity index (χ0v) is 58.5. The maximum Gasteiger partial charge on any atom is 0.305 e. The van der Waals surface area contributed by atoms with Gasteiger partial charge in [0.15, 0.2) is 5.78 Å². The smallest absolute Gasteiger partial charge is 0.305 e. The molecule has 33 heteroatoms. The molecule has 3 heterocycles. The van der Waals surface area contributed by atoms with Crippen LogP contribution in [0.1, 0.15) is 103 Å². The van der Waals surface area contributed by atoms with Gasteiger partial charge in [-0.3, -0.25) is 57.5 Å². The fraction of sp³-hybridized carbons (Fsp3) is 0.538. The number of hydrogen-bond acceptors (Lipinski definition) is 19. The van der Waals surface area contributed by atoms with Crippen LogP contribution in [0.15, 0.2) is 73.6 Å². The number of aliphatic hydroxyl groups is 1. The summed E-state index contributed by atoms with van der Waals surface area (Å²) >= 11 is 14.9. The van der Waals surface area contributed by atoms with E-state index in [1.807, 2.05) is 51.1 Å². The van der Waals surface area contributed by atoms with Gasteiger partial charge in [0.1, 0.15) is 60.1 Å². The van der Waals surface area contributed by atoms with Gasteiger partial charge in [0.05, 0.1) is 53.7 Å². The van der Waals surface area contributed by atoms with Crippen LogP contribution < -0.4 is 53.2 Å². The van der Waals surface area contributed by atoms with Crippen LogP contribution in [0.2, 0.25) is 5.02 Å². The molecule has 13 atom stereocenters. The molecule has 30 nitrogen and oxygen atoms in total. The van der Waals surface area contributed by atoms with Gasteiger partial charge in [0.2, 0.25) is 59.1 Å². The van der Waals surface area contributed by atoms with Crippen molar-refractivity contribution in [3.05, 3.63) is 101 Å². The summed E-state index contributed by atoms with van der Waals surface area (Å²) in [5, 5.41) is 57.7. The van der Waals surface area contributed by atoms with E-state index in [1.165, 1.54) is 50.2 Å². The summed E-state index contributed by atoms with van der Waals surface area (Å²) in [6.07, 6.45) is 3.15. The number of rotatable bonds is 39. The Bertz CT molecular complexity index is 3370. The Morgan fingerprint density at radius 3 is 1.57 bits per heavy atom. The first-order chi connectivity index (χ1) is 46.4. The number of nitrogens with one attached hydrogen (secondary N) is 12. The number of likely N-dealkylation sites (N-methyl/N-ethyl adjacent to an activating group) is 1. The van der Waals surface area contributed by atoms with E-state index in [1.54, 1.807) is 27.8 Å². The Morgan fingerprint density at radius 1 is 0.592 bits per heavy atom. The zero-order valence-electron chi connectivity index (χ0n) is 55.9. The van der Waals surface area contributed by atoms with E-state index >= 15 is 0 Å². The number of aliphatic hydroxyl groups excluding tert-OH is 1. The molecule has 1 aliphatic rings. The van der Waals surface area contributed by atoms with E-state index in [0.717, 1.165) is 10.5 Å². The second-order valence-electron chi connectivity index (χ2n) is 25.1. The van der Waals surface area contributed by atoms with Crippen molar-refractivity contribution < 1.29 is 72.9 Å². The number of β-amino-alcohol motifs (C(OH)–C–C–N with tert-alkyl or cyclic N) is 1. The number of aromatic hydroxyl groups is 1. The van der Waals surface area contributed by atoms with Gasteiger partial charge in [-0.15, -0.1) is 0 Å². The van der Waals surface area contributed by atoms with E-state index < -0.39 is 163 Å². The standard InChI is InChI=1S/C65H92ClN15O15S2/c1-9-35(6)55(64(95)72-43(36(7)82)17-33(2)3)80-61(92)48(23-40-27-69-32-71-40)75-62(93)50(29-97)78-57(88)45(18-34(4)5)73-60(91)49(25-54(85)86)76-58(89)46(21-38-15-16-53(84)42(66)19-38)77-63(94)52-24-41(83)28-81(52)65(96)51(30-98)79-59(90)47(22-39-26-68-31-70-39)74-56(87)44(67-8)20-37-13-11-10-12-14-37/h10-16,19,26-27,31-35,41,43-52,55,67,83-84,97-98H,9,17-18,20-25,28-30H2,1-8H3,(H,68,70)(H,69,71)(H,72,95)(H,73,91)(H,74,87)(H,75,93)(H,76,89)(H,77,94)(H,78,88)(H,79,90)(H,80,92)(H,85,86)/t35?,41-,43+,44+,45+,46+,47-,48+,49+,50+,51+,52-,55+/m1/s1. The maximum atomic E-state index is 14.6. The molecule has 15 N–H and O–H groups in total. The van der Waals surface area contributed by atoms with Gasteiger partial charge in [-0.1, -0.05) is 96.0 Å². The number of thiol groups is 2. The number of amides is 10. The summed E-state index contributed by atoms with van der Waals surface area (Å²) in [4.78, 5) is 183. The molecule has 1 saturated heterocycles. The first-order valence-corrected chi connectivity index (χ1v) is 33.9. The monoisotopic (exact) mass is 1420 g/mol. The number of carboxylic acids is 1. The number of H-pyrrole nitrogens is 2. The molecule has 98 heavy (non-hydrogen) atoms. The molecule has 2 aromatic carbocycles. The first-order valence-electron chi connectivity index (χ1n) is 32.2. The van der Waals surface area contributed by atoms with Gasteiger partial charge in [0, 0.05) is 56.1 Å². The highest BCUT2D eigenvalue weighted by molar-refractivity contribution is 7.80. The van der Waals surface area contributed by atoms with Crippen molar-refractivity contribution in [2.45, 2.75) is 179 Å². The SMILES string of the molecule is CCC(C)[C@H](NC(=O)[C@H](Cc1c[nH]cn1)NC(=O)[C@H](CS)NC(=O)[C@H](CC(C)C)NC(=O)[C@H](CC(=O)O)NC(=O)[C@H](Cc1ccc(O)c(Cl)c1)NC(=O)[C@H]1C[C@@H](O)CN1C(=O)[C@H](CS)NC(=O)[C@@H](Cc1c[nH]cn1)NC(=O)[C@H](Cc1ccccc1)NC)C(=O)N[C@@H](CC(C)C)C(C)=O. The van der Waals surface area contributed by atoms with Crippen LogP contribution in [0.5, 0.6) is 5.75 Å². The molecular formula is C65H92ClN15O15S2. The minimum atomic E-state index is -1.97. The first kappa shape index (κ1) is 80.1. The fourth-order valence-corrected chi connectivity index (χ4v) is 11.5. The molecule has 0 radical (unpaired) electrons. The number of aromatic nitrogens is 4. The third-order valence-corrected chi connectivity index (χ3v) is 17.4. The Balaban J connectivity index is 1.35. The highest BCUT2D eigenvalue weighted by atomic mass is 35.5. The van der Waals surface area contributed by atoms with E-state index in [4.69, 9.17) is 11.6 Å². The Morgan fingerprint density at radius 2 is 1.06 bits per heavy atom. The normalized spacial score (nSPS) is 17.0. The molecule has 5 rings (SSSR count). The molecule has 0 saturated carbocycles. The topological polar surface area (TPSA) is 446 Å². The van der Waals surface area contributed by atoms with E-state index in [0.29, 0.717) is 24.2 Å². The summed E-state index contributed by atoms with van der Waals surface area (Å²) < 4.78 is 0. The lowest BCUT2D eigenvalue weighted by molar-refractivity contribution is -0.142. The van der Waals surface area contributed by atoms with Crippen molar-refractivity contribution in [3.8, 4) is 5.75 Å². The number of imidazole rings is 2. The number of carboxylic acid groups (broad SMARTS) is 1. The van der Waals surface area contributed by atoms with Gasteiger partial charge >= 0.3 is 5.97 Å². The molecule has 10 amide bonds. The highest BCUT2D eigenvalue weighted by Crippen LogP contribution is 2.26. The number of halogens is 1. The van der Waals surface area contributed by atoms with Crippen molar-refractivity contribution in [2.24, 2.45) is 17.8 Å². The number of aromatic amines is 2. The Kier molecular flexibility index (Phi) is 32.0. The maximum absolute atomic E-state index is 14.6. The molecule has 536 valence electrons. The largest absolute Gasteiger partial charge is 0.506 e. The predicted molar refractivity (Wildman–Crippen MR) is 367 cm³/mol. The number of carbonyl (C=O) groups is 12. The predicted octanol–water partition coefficient (Wildman–Crippen LogP) is -0.263. The van der Waals surface area contributed by atoms with Gasteiger partial charge in [0.25, 0.3) is 0 Å². The van der Waals surface area contributed by atoms with Crippen LogP contribution in [0, 0.1) is 17.8 Å². The van der Waals surface area contributed by atoms with E-state index in [9.17, 15) is 72.9 Å². The van der Waals surface area contributed by atoms with E-state index in [2.05, 4.69) is 98.4 Å². The molecule has 1 unspecified atom stereocenters. The van der Waals surface area contributed by atoms with Gasteiger partial charge in [-0.05, 0) is 74.2 Å². The van der Waals surface area contributed by atoms with Crippen molar-refractivity contribution >= 4 is 108 Å². The summed E-state index contributed by atoms with van der Waals surface area (Å²) in [7, 11) is 1.59. The number of ketones is 1. The van der Waals surface area contributed by atoms with Crippen molar-refractivity contribution in [1.82, 2.24) is 78.0 Å². The molecule has 2 aromatic heterocycles. The minimum absolute atomic E-state index is 0.0500. The molecule has 0 aliphatic carbocycles. The number of aliphatic carboxylic acids is 1. The average molecular weight is 1420 g/mol. The number of likely N-dealkylation sites (tertiary alicyclic amines) is 1. The number of nitrogens with zero attached hydrogens (tertiary/aromatic N) is 3. The van der Waals surface area contributed by atoms with Crippen molar-refractivity contribution in [2.75, 3.05) is 25.1 Å². The van der Waals surface area contributed by atoms with E-state index in [-0.39, 0.29) is 77.6 Å². The summed E-state index contributed by atoms with van der Waals surface area (Å²) in [5.74, 6) is -12.6. The van der Waals surface area contributed by atoms with Gasteiger partial charge in [-0.25, -0.2) is 9.97 Å². The van der Waals surface area contributed by atoms with Crippen molar-refractivity contribution in [3.63, 3.8) is 0 Å². The van der Waals surface area contributed by atoms with Gasteiger partial charge < -0.3 is 83.4 Å². The number of hydrogen-bond donors (Lipinski definition) is 17. The molecule has 1 fully saturated rings. The summed E-state index contributed by atoms with van der Waals surface area (Å²) in [5.41, 5.74) is 1.79. The molecule has 0 spiro atoms. The molecule has 1 aliphatic heterocycles. The summed E-state index contributed by atoms with van der Waals surface area (Å²) in [6, 6.07) is -2.17. The summed E-state index contributed by atoms with van der Waals surface area (Å²) in [6.45, 7) is 11.7. The van der Waals surface area contributed by atoms with Crippen LogP contribution in [0.3, 0.4) is 0 Å². The highest BCUT2D eigenvalue weighted by Gasteiger charge is 2.44. The van der Waals surface area contributed by atoms with Crippen LogP contribution >= 0.6 is 36.9 Å². The lowest BCUT2D eigenvalue weighted by atomic mass is 9.95. The minimum Gasteiger partial charge on any atom is -0.506 e. The number of Topliss-reactive ketones (excluding diaryl/α,β-unsaturated/α-hetero) is 1. The third-order valence-electron chi connectivity index (χ3n) is 16.4. The van der Waals surface area contributed by atoms with Crippen LogP contribution in [-0.4, -0.2) is 209 Å². The van der Waals surface area contributed by atoms with Crippen LogP contribution in [0.25, 0.3) is 0 Å². The second-order valence-corrected chi connectivity index (χ2v) is 26.3. The van der Waals surface area contributed by atoms with Crippen molar-refractivity contribution in [1.29, 1.82) is 0 Å². The Hall–Kier alpha value is -8.59. The Labute approximate surface area is 584 Å². The zero-order chi connectivity index (χ0) is 72.5. The lowest BCUT2D eigenvalue weighted by Gasteiger charge is -2.30. The fourth-order valence-electron chi connectivity index (χ4n) is 10.8. The number of phenols is 1. The van der Waals surface area contributed by atoms with Crippen LogP contribution in [0.4, 0.5) is 0 Å². The number of phenolic OH excluding ortho intramolecular Hbond substituents is 1.